The maximum absolute atomic E-state index is 4.25. The average molecular weight is 201 g/mol. The van der Waals surface area contributed by atoms with Crippen LogP contribution in [-0.4, -0.2) is 30.3 Å². The quantitative estimate of drug-likeness (QED) is 0.687. The highest BCUT2D eigenvalue weighted by Gasteiger charge is 2.31. The summed E-state index contributed by atoms with van der Waals surface area (Å²) >= 11 is 4.25. The van der Waals surface area contributed by atoms with Crippen LogP contribution in [0.5, 0.6) is 0 Å². The number of hydrogen-bond donors (Lipinski definition) is 1. The van der Waals surface area contributed by atoms with E-state index in [-0.39, 0.29) is 0 Å². The lowest BCUT2D eigenvalue weighted by atomic mass is 9.80. The maximum atomic E-state index is 4.25. The SMILES string of the molecule is CC(C)(C)C1CCN(CCCS)C1. The van der Waals surface area contributed by atoms with E-state index in [1.54, 1.807) is 0 Å². The molecule has 0 aromatic carbocycles. The molecule has 1 unspecified atom stereocenters. The van der Waals surface area contributed by atoms with Crippen molar-refractivity contribution in [3.63, 3.8) is 0 Å². The van der Waals surface area contributed by atoms with Gasteiger partial charge in [0.05, 0.1) is 0 Å². The Labute approximate surface area is 88.3 Å². The van der Waals surface area contributed by atoms with Crippen molar-refractivity contribution >= 4 is 12.6 Å². The molecule has 1 saturated heterocycles. The largest absolute Gasteiger partial charge is 0.303 e. The summed E-state index contributed by atoms with van der Waals surface area (Å²) in [5, 5.41) is 0. The summed E-state index contributed by atoms with van der Waals surface area (Å²) in [6.45, 7) is 10.9. The van der Waals surface area contributed by atoms with Gasteiger partial charge in [0.1, 0.15) is 0 Å². The maximum Gasteiger partial charge on any atom is 0.00151 e. The third-order valence-corrected chi connectivity index (χ3v) is 3.45. The molecule has 1 atom stereocenters. The Bertz CT molecular complexity index is 151. The van der Waals surface area contributed by atoms with E-state index in [4.69, 9.17) is 0 Å². The van der Waals surface area contributed by atoms with Crippen LogP contribution in [-0.2, 0) is 0 Å². The minimum absolute atomic E-state index is 0.496. The first kappa shape index (κ1) is 11.4. The van der Waals surface area contributed by atoms with Crippen molar-refractivity contribution in [3.8, 4) is 0 Å². The van der Waals surface area contributed by atoms with Gasteiger partial charge in [-0.2, -0.15) is 12.6 Å². The summed E-state index contributed by atoms with van der Waals surface area (Å²) in [6.07, 6.45) is 2.62. The number of nitrogens with zero attached hydrogens (tertiary/aromatic N) is 1. The number of hydrogen-bond acceptors (Lipinski definition) is 2. The zero-order chi connectivity index (χ0) is 9.90. The predicted molar refractivity (Wildman–Crippen MR) is 62.5 cm³/mol. The van der Waals surface area contributed by atoms with Crippen molar-refractivity contribution in [3.05, 3.63) is 0 Å². The Balaban J connectivity index is 2.28. The Hall–Kier alpha value is 0.310. The Kier molecular flexibility index (Phi) is 4.11. The van der Waals surface area contributed by atoms with Crippen molar-refractivity contribution in [2.75, 3.05) is 25.4 Å². The van der Waals surface area contributed by atoms with E-state index in [0.29, 0.717) is 5.41 Å². The summed E-state index contributed by atoms with van der Waals surface area (Å²) < 4.78 is 0. The normalized spacial score (nSPS) is 25.4. The second-order valence-corrected chi connectivity index (χ2v) is 5.68. The van der Waals surface area contributed by atoms with Crippen LogP contribution in [0.15, 0.2) is 0 Å². The van der Waals surface area contributed by atoms with E-state index in [1.165, 1.54) is 32.5 Å². The zero-order valence-corrected chi connectivity index (χ0v) is 10.1. The van der Waals surface area contributed by atoms with E-state index >= 15 is 0 Å². The summed E-state index contributed by atoms with van der Waals surface area (Å²) in [6, 6.07) is 0. The Morgan fingerprint density at radius 3 is 2.54 bits per heavy atom. The molecule has 0 saturated carbocycles. The van der Waals surface area contributed by atoms with Gasteiger partial charge in [0.2, 0.25) is 0 Å². The van der Waals surface area contributed by atoms with Crippen molar-refractivity contribution in [1.82, 2.24) is 4.90 Å². The fourth-order valence-corrected chi connectivity index (χ4v) is 2.18. The van der Waals surface area contributed by atoms with Gasteiger partial charge in [-0.1, -0.05) is 20.8 Å². The molecule has 1 rings (SSSR count). The molecule has 1 aliphatic heterocycles. The first-order valence-corrected chi connectivity index (χ1v) is 6.00. The number of thiol groups is 1. The van der Waals surface area contributed by atoms with E-state index < -0.39 is 0 Å². The van der Waals surface area contributed by atoms with Crippen molar-refractivity contribution in [1.29, 1.82) is 0 Å². The van der Waals surface area contributed by atoms with Gasteiger partial charge in [0, 0.05) is 6.54 Å². The van der Waals surface area contributed by atoms with Crippen molar-refractivity contribution in [2.24, 2.45) is 11.3 Å². The Morgan fingerprint density at radius 1 is 1.38 bits per heavy atom. The molecule has 0 amide bonds. The van der Waals surface area contributed by atoms with Crippen LogP contribution in [0.2, 0.25) is 0 Å². The lowest BCUT2D eigenvalue weighted by Gasteiger charge is -2.27. The Morgan fingerprint density at radius 2 is 2.08 bits per heavy atom. The van der Waals surface area contributed by atoms with Crippen LogP contribution in [0.25, 0.3) is 0 Å². The molecule has 78 valence electrons. The summed E-state index contributed by atoms with van der Waals surface area (Å²) in [7, 11) is 0. The standard InChI is InChI=1S/C11H23NS/c1-11(2,3)10-5-7-12(9-10)6-4-8-13/h10,13H,4-9H2,1-3H3. The minimum Gasteiger partial charge on any atom is -0.303 e. The molecular weight excluding hydrogens is 178 g/mol. The lowest BCUT2D eigenvalue weighted by Crippen LogP contribution is -2.26. The molecule has 1 heterocycles. The third-order valence-electron chi connectivity index (χ3n) is 3.13. The summed E-state index contributed by atoms with van der Waals surface area (Å²) in [4.78, 5) is 2.59. The van der Waals surface area contributed by atoms with Crippen LogP contribution >= 0.6 is 12.6 Å². The molecule has 1 fully saturated rings. The van der Waals surface area contributed by atoms with Gasteiger partial charge in [0.25, 0.3) is 0 Å². The fraction of sp³-hybridized carbons (Fsp3) is 1.00. The van der Waals surface area contributed by atoms with E-state index in [0.717, 1.165) is 11.7 Å². The second kappa shape index (κ2) is 4.70. The molecule has 0 radical (unpaired) electrons. The van der Waals surface area contributed by atoms with E-state index in [9.17, 15) is 0 Å². The first-order chi connectivity index (χ1) is 6.04. The topological polar surface area (TPSA) is 3.24 Å². The van der Waals surface area contributed by atoms with Crippen LogP contribution in [0.1, 0.15) is 33.6 Å². The first-order valence-electron chi connectivity index (χ1n) is 5.37. The van der Waals surface area contributed by atoms with Crippen LogP contribution in [0.4, 0.5) is 0 Å². The molecule has 0 aromatic heterocycles. The van der Waals surface area contributed by atoms with Gasteiger partial charge < -0.3 is 4.90 Å². The highest BCUT2D eigenvalue weighted by atomic mass is 32.1. The highest BCUT2D eigenvalue weighted by molar-refractivity contribution is 7.80. The van der Waals surface area contributed by atoms with Gasteiger partial charge in [-0.25, -0.2) is 0 Å². The van der Waals surface area contributed by atoms with Crippen molar-refractivity contribution in [2.45, 2.75) is 33.6 Å². The summed E-state index contributed by atoms with van der Waals surface area (Å²) in [5.74, 6) is 1.92. The number of likely N-dealkylation sites (tertiary alicyclic amines) is 1. The third kappa shape index (κ3) is 3.51. The highest BCUT2D eigenvalue weighted by Crippen LogP contribution is 2.33. The van der Waals surface area contributed by atoms with Gasteiger partial charge in [-0.3, -0.25) is 0 Å². The average Bonchev–Trinajstić information content (AvgIpc) is 2.47. The minimum atomic E-state index is 0.496. The predicted octanol–water partition coefficient (Wildman–Crippen LogP) is 2.67. The number of rotatable bonds is 3. The lowest BCUT2D eigenvalue weighted by molar-refractivity contribution is 0.229. The fourth-order valence-electron chi connectivity index (χ4n) is 2.04. The van der Waals surface area contributed by atoms with Crippen molar-refractivity contribution < 1.29 is 0 Å². The van der Waals surface area contributed by atoms with Crippen LogP contribution < -0.4 is 0 Å². The monoisotopic (exact) mass is 201 g/mol. The van der Waals surface area contributed by atoms with Crippen LogP contribution in [0, 0.1) is 11.3 Å². The molecule has 0 N–H and O–H groups in total. The van der Waals surface area contributed by atoms with Crippen LogP contribution in [0.3, 0.4) is 0 Å². The van der Waals surface area contributed by atoms with Gasteiger partial charge in [-0.05, 0) is 43.0 Å². The molecule has 13 heavy (non-hydrogen) atoms. The molecule has 2 heteroatoms. The van der Waals surface area contributed by atoms with Gasteiger partial charge in [-0.15, -0.1) is 0 Å². The second-order valence-electron chi connectivity index (χ2n) is 5.23. The smallest absolute Gasteiger partial charge is 0.00151 e. The van der Waals surface area contributed by atoms with Gasteiger partial charge >= 0.3 is 0 Å². The van der Waals surface area contributed by atoms with E-state index in [2.05, 4.69) is 38.3 Å². The van der Waals surface area contributed by atoms with E-state index in [1.807, 2.05) is 0 Å². The summed E-state index contributed by atoms with van der Waals surface area (Å²) in [5.41, 5.74) is 0.496. The van der Waals surface area contributed by atoms with Gasteiger partial charge in [0.15, 0.2) is 0 Å². The molecule has 0 bridgehead atoms. The zero-order valence-electron chi connectivity index (χ0n) is 9.21. The molecule has 1 nitrogen and oxygen atoms in total. The molecule has 0 spiro atoms. The molecule has 1 aliphatic rings. The molecular formula is C11H23NS. The molecule has 0 aromatic rings. The molecule has 0 aliphatic carbocycles.